The van der Waals surface area contributed by atoms with Crippen LogP contribution in [-0.2, 0) is 13.1 Å². The first-order valence-corrected chi connectivity index (χ1v) is 7.28. The number of benzene rings is 1. The van der Waals surface area contributed by atoms with Crippen molar-refractivity contribution < 1.29 is 5.11 Å². The van der Waals surface area contributed by atoms with Crippen LogP contribution in [0.2, 0.25) is 0 Å². The summed E-state index contributed by atoms with van der Waals surface area (Å²) in [6, 6.07) is 3.87. The molecule has 0 spiro atoms. The second-order valence-corrected chi connectivity index (χ2v) is 5.87. The molecule has 108 valence electrons. The molecule has 1 N–H and O–H groups in total. The van der Waals surface area contributed by atoms with E-state index >= 15 is 0 Å². The highest BCUT2D eigenvalue weighted by atomic mass is 16.3. The molecule has 21 heavy (non-hydrogen) atoms. The molecule has 1 aromatic carbocycles. The van der Waals surface area contributed by atoms with Crippen molar-refractivity contribution in [3.63, 3.8) is 0 Å². The van der Waals surface area contributed by atoms with E-state index in [2.05, 4.69) is 5.10 Å². The lowest BCUT2D eigenvalue weighted by molar-refractivity contribution is 0.201. The van der Waals surface area contributed by atoms with Gasteiger partial charge in [0.15, 0.2) is 0 Å². The van der Waals surface area contributed by atoms with E-state index in [1.807, 2.05) is 34.5 Å². The van der Waals surface area contributed by atoms with Gasteiger partial charge in [0, 0.05) is 29.2 Å². The second kappa shape index (κ2) is 4.18. The van der Waals surface area contributed by atoms with Gasteiger partial charge in [0.2, 0.25) is 0 Å². The van der Waals surface area contributed by atoms with Crippen LogP contribution in [0.3, 0.4) is 0 Å². The van der Waals surface area contributed by atoms with Crippen LogP contribution in [0, 0.1) is 6.92 Å². The van der Waals surface area contributed by atoms with Crippen molar-refractivity contribution in [1.82, 2.24) is 14.3 Å². The normalized spacial score (nSPS) is 15.8. The van der Waals surface area contributed by atoms with E-state index < -0.39 is 6.10 Å². The van der Waals surface area contributed by atoms with Crippen molar-refractivity contribution in [2.75, 3.05) is 0 Å². The smallest absolute Gasteiger partial charge is 0.260 e. The monoisotopic (exact) mass is 283 g/mol. The van der Waals surface area contributed by atoms with Crippen LogP contribution in [0.25, 0.3) is 21.8 Å². The molecule has 0 saturated carbocycles. The first-order chi connectivity index (χ1) is 10.1. The number of aryl methyl sites for hydroxylation is 3. The van der Waals surface area contributed by atoms with Gasteiger partial charge in [-0.05, 0) is 37.5 Å². The van der Waals surface area contributed by atoms with Crippen LogP contribution < -0.4 is 5.56 Å². The average molecular weight is 283 g/mol. The van der Waals surface area contributed by atoms with E-state index in [0.717, 1.165) is 47.1 Å². The Labute approximate surface area is 121 Å². The molecule has 0 aliphatic carbocycles. The van der Waals surface area contributed by atoms with E-state index in [-0.39, 0.29) is 5.56 Å². The number of hydrogen-bond acceptors (Lipinski definition) is 3. The Morgan fingerprint density at radius 2 is 2.10 bits per heavy atom. The Morgan fingerprint density at radius 1 is 1.29 bits per heavy atom. The molecule has 3 aromatic rings. The van der Waals surface area contributed by atoms with E-state index in [1.54, 1.807) is 6.92 Å². The minimum Gasteiger partial charge on any atom is -0.389 e. The Morgan fingerprint density at radius 3 is 2.86 bits per heavy atom. The summed E-state index contributed by atoms with van der Waals surface area (Å²) in [5.41, 5.74) is 2.69. The topological polar surface area (TPSA) is 60.0 Å². The zero-order valence-corrected chi connectivity index (χ0v) is 12.1. The molecule has 0 fully saturated rings. The van der Waals surface area contributed by atoms with Crippen molar-refractivity contribution in [2.24, 2.45) is 0 Å². The Kier molecular flexibility index (Phi) is 2.50. The Hall–Kier alpha value is -2.14. The molecule has 0 saturated heterocycles. The van der Waals surface area contributed by atoms with Crippen LogP contribution in [0.1, 0.15) is 30.6 Å². The van der Waals surface area contributed by atoms with Gasteiger partial charge in [-0.2, -0.15) is 5.10 Å². The summed E-state index contributed by atoms with van der Waals surface area (Å²) in [5, 5.41) is 17.0. The maximum absolute atomic E-state index is 12.8. The predicted octanol–water partition coefficient (Wildman–Crippen LogP) is 2.12. The minimum atomic E-state index is -0.614. The molecule has 1 atom stereocenters. The molecule has 3 heterocycles. The van der Waals surface area contributed by atoms with Gasteiger partial charge < -0.3 is 5.11 Å². The molecule has 1 unspecified atom stereocenters. The molecule has 0 radical (unpaired) electrons. The molecule has 2 aromatic heterocycles. The molecule has 1 aliphatic rings. The van der Waals surface area contributed by atoms with E-state index in [4.69, 9.17) is 0 Å². The van der Waals surface area contributed by atoms with Crippen molar-refractivity contribution in [3.05, 3.63) is 39.8 Å². The first-order valence-electron chi connectivity index (χ1n) is 7.28. The number of hydrogen-bond donors (Lipinski definition) is 1. The van der Waals surface area contributed by atoms with Crippen molar-refractivity contribution in [3.8, 4) is 0 Å². The van der Waals surface area contributed by atoms with E-state index in [9.17, 15) is 9.90 Å². The summed E-state index contributed by atoms with van der Waals surface area (Å²) in [4.78, 5) is 12.8. The standard InChI is InChI=1S/C16H17N3O2/c1-9-6-11(10(2)20)14-12(7-9)16(21)18-4-3-5-19-15(18)13(14)8-17-19/h6-8,10,20H,3-5H2,1-2H3. The highest BCUT2D eigenvalue weighted by Gasteiger charge is 2.21. The van der Waals surface area contributed by atoms with Crippen LogP contribution in [-0.4, -0.2) is 19.5 Å². The summed E-state index contributed by atoms with van der Waals surface area (Å²) >= 11 is 0. The molecular weight excluding hydrogens is 266 g/mol. The van der Waals surface area contributed by atoms with Gasteiger partial charge in [0.05, 0.1) is 12.3 Å². The number of pyridine rings is 1. The molecule has 0 amide bonds. The van der Waals surface area contributed by atoms with Crippen molar-refractivity contribution in [2.45, 2.75) is 39.5 Å². The first kappa shape index (κ1) is 12.6. The van der Waals surface area contributed by atoms with Gasteiger partial charge in [-0.1, -0.05) is 6.07 Å². The van der Waals surface area contributed by atoms with Gasteiger partial charge in [-0.3, -0.25) is 9.36 Å². The minimum absolute atomic E-state index is 0.0181. The number of aliphatic hydroxyl groups excluding tert-OH is 1. The Bertz CT molecular complexity index is 934. The van der Waals surface area contributed by atoms with Gasteiger partial charge in [0.1, 0.15) is 5.65 Å². The lowest BCUT2D eigenvalue weighted by Crippen LogP contribution is -2.27. The number of aliphatic hydroxyl groups is 1. The van der Waals surface area contributed by atoms with Crippen LogP contribution in [0.15, 0.2) is 23.1 Å². The third kappa shape index (κ3) is 1.61. The second-order valence-electron chi connectivity index (χ2n) is 5.87. The maximum atomic E-state index is 12.8. The quantitative estimate of drug-likeness (QED) is 0.744. The Balaban J connectivity index is 2.32. The summed E-state index contributed by atoms with van der Waals surface area (Å²) in [6.45, 7) is 5.26. The van der Waals surface area contributed by atoms with Crippen LogP contribution in [0.4, 0.5) is 0 Å². The van der Waals surface area contributed by atoms with Crippen LogP contribution in [0.5, 0.6) is 0 Å². The fraction of sp³-hybridized carbons (Fsp3) is 0.375. The highest BCUT2D eigenvalue weighted by molar-refractivity contribution is 6.06. The highest BCUT2D eigenvalue weighted by Crippen LogP contribution is 2.31. The van der Waals surface area contributed by atoms with Gasteiger partial charge in [-0.25, -0.2) is 4.68 Å². The predicted molar refractivity (Wildman–Crippen MR) is 81.5 cm³/mol. The van der Waals surface area contributed by atoms with Gasteiger partial charge >= 0.3 is 0 Å². The third-order valence-corrected chi connectivity index (χ3v) is 4.33. The van der Waals surface area contributed by atoms with Crippen molar-refractivity contribution in [1.29, 1.82) is 0 Å². The van der Waals surface area contributed by atoms with Crippen LogP contribution >= 0.6 is 0 Å². The zero-order chi connectivity index (χ0) is 14.7. The summed E-state index contributed by atoms with van der Waals surface area (Å²) < 4.78 is 3.71. The maximum Gasteiger partial charge on any atom is 0.260 e. The summed E-state index contributed by atoms with van der Waals surface area (Å²) in [5.74, 6) is 0. The molecule has 4 rings (SSSR count). The average Bonchev–Trinajstić information content (AvgIpc) is 2.88. The third-order valence-electron chi connectivity index (χ3n) is 4.33. The molecule has 5 heteroatoms. The fourth-order valence-corrected chi connectivity index (χ4v) is 3.44. The number of aromatic nitrogens is 3. The lowest BCUT2D eigenvalue weighted by Gasteiger charge is -2.19. The van der Waals surface area contributed by atoms with Crippen molar-refractivity contribution >= 4 is 21.8 Å². The zero-order valence-electron chi connectivity index (χ0n) is 12.1. The molecule has 1 aliphatic heterocycles. The lowest BCUT2D eigenvalue weighted by atomic mass is 9.97. The number of rotatable bonds is 1. The molecule has 0 bridgehead atoms. The number of nitrogens with zero attached hydrogens (tertiary/aromatic N) is 3. The van der Waals surface area contributed by atoms with E-state index in [1.165, 1.54) is 0 Å². The van der Waals surface area contributed by atoms with Gasteiger partial charge in [-0.15, -0.1) is 0 Å². The largest absolute Gasteiger partial charge is 0.389 e. The van der Waals surface area contributed by atoms with Gasteiger partial charge in [0.25, 0.3) is 5.56 Å². The van der Waals surface area contributed by atoms with E-state index in [0.29, 0.717) is 5.39 Å². The summed E-state index contributed by atoms with van der Waals surface area (Å²) in [7, 11) is 0. The SMILES string of the molecule is Cc1cc(C(C)O)c2c(c1)c(=O)n1c3c2cnn3CCC1. The summed E-state index contributed by atoms with van der Waals surface area (Å²) in [6.07, 6.45) is 2.13. The molecular formula is C16H17N3O2. The number of fused-ring (bicyclic) bond motifs is 2. The fourth-order valence-electron chi connectivity index (χ4n) is 3.44. The molecule has 5 nitrogen and oxygen atoms in total.